The summed E-state index contributed by atoms with van der Waals surface area (Å²) in [6, 6.07) is 5.61. The molecule has 0 amide bonds. The average Bonchev–Trinajstić information content (AvgIpc) is 2.17. The molecule has 0 radical (unpaired) electrons. The third-order valence-electron chi connectivity index (χ3n) is 1.93. The largest absolute Gasteiger partial charge is 0.494 e. The van der Waals surface area contributed by atoms with E-state index in [-0.39, 0.29) is 6.04 Å². The fourth-order valence-corrected chi connectivity index (χ4v) is 1.86. The summed E-state index contributed by atoms with van der Waals surface area (Å²) in [6.07, 6.45) is 0. The minimum Gasteiger partial charge on any atom is -0.494 e. The topological polar surface area (TPSA) is 13.6 Å². The number of halogens is 1. The molecule has 74 valence electrons. The van der Waals surface area contributed by atoms with Crippen LogP contribution in [0.15, 0.2) is 22.7 Å². The summed E-state index contributed by atoms with van der Waals surface area (Å²) in [5.41, 5.74) is 1.00. The number of ether oxygens (including phenoxy) is 1. The molecule has 3 heteroatoms. The van der Waals surface area contributed by atoms with Gasteiger partial charge in [-0.05, 0) is 25.1 Å². The second kappa shape index (κ2) is 5.02. The number of rotatable bonds is 3. The van der Waals surface area contributed by atoms with E-state index >= 15 is 0 Å². The monoisotopic (exact) mass is 253 g/mol. The van der Waals surface area contributed by atoms with Crippen LogP contribution < -0.4 is 4.74 Å². The standard InChI is InChI=1S/C11H12BrNO/c1-4-14-9-5-6-10(8(2)13-3)11(12)7-9/h5-8H,4H2,1-2H3. The number of nitrogens with zero attached hydrogens (tertiary/aromatic N) is 1. The van der Waals surface area contributed by atoms with Crippen LogP contribution >= 0.6 is 15.9 Å². The molecule has 0 aromatic heterocycles. The average molecular weight is 254 g/mol. The van der Waals surface area contributed by atoms with Crippen molar-refractivity contribution in [2.24, 2.45) is 0 Å². The maximum atomic E-state index is 6.95. The molecule has 0 N–H and O–H groups in total. The summed E-state index contributed by atoms with van der Waals surface area (Å²) in [5, 5.41) is 0. The van der Waals surface area contributed by atoms with Crippen molar-refractivity contribution in [3.63, 3.8) is 0 Å². The lowest BCUT2D eigenvalue weighted by molar-refractivity contribution is 0.340. The second-order valence-electron chi connectivity index (χ2n) is 2.92. The molecule has 0 aliphatic rings. The molecule has 0 fully saturated rings. The first kappa shape index (κ1) is 11.1. The molecule has 0 aliphatic carbocycles. The Labute approximate surface area is 92.8 Å². The molecule has 1 unspecified atom stereocenters. The number of hydrogen-bond donors (Lipinski definition) is 0. The molecule has 2 nitrogen and oxygen atoms in total. The molecule has 0 heterocycles. The van der Waals surface area contributed by atoms with E-state index in [0.29, 0.717) is 6.61 Å². The van der Waals surface area contributed by atoms with Crippen LogP contribution in [0.2, 0.25) is 0 Å². The minimum absolute atomic E-state index is 0.111. The highest BCUT2D eigenvalue weighted by Gasteiger charge is 2.12. The van der Waals surface area contributed by atoms with Gasteiger partial charge < -0.3 is 9.58 Å². The zero-order valence-electron chi connectivity index (χ0n) is 8.25. The second-order valence-corrected chi connectivity index (χ2v) is 3.78. The zero-order chi connectivity index (χ0) is 10.6. The lowest BCUT2D eigenvalue weighted by atomic mass is 10.1. The molecule has 1 atom stereocenters. The third-order valence-corrected chi connectivity index (χ3v) is 2.61. The molecule has 0 spiro atoms. The van der Waals surface area contributed by atoms with Crippen LogP contribution in [0.25, 0.3) is 4.85 Å². The molecule has 0 aliphatic heterocycles. The molecule has 14 heavy (non-hydrogen) atoms. The number of hydrogen-bond acceptors (Lipinski definition) is 1. The Bertz CT molecular complexity index is 357. The summed E-state index contributed by atoms with van der Waals surface area (Å²) < 4.78 is 6.28. The molecule has 1 aromatic carbocycles. The first-order chi connectivity index (χ1) is 6.69. The van der Waals surface area contributed by atoms with E-state index in [2.05, 4.69) is 20.8 Å². The van der Waals surface area contributed by atoms with Crippen molar-refractivity contribution in [3.8, 4) is 5.75 Å². The van der Waals surface area contributed by atoms with Gasteiger partial charge in [-0.15, -0.1) is 0 Å². The Kier molecular flexibility index (Phi) is 3.97. The fraction of sp³-hybridized carbons (Fsp3) is 0.364. The van der Waals surface area contributed by atoms with Gasteiger partial charge in [0.2, 0.25) is 6.04 Å². The van der Waals surface area contributed by atoms with Crippen molar-refractivity contribution >= 4 is 15.9 Å². The van der Waals surface area contributed by atoms with Crippen molar-refractivity contribution < 1.29 is 4.74 Å². The molecule has 1 aromatic rings. The van der Waals surface area contributed by atoms with Crippen molar-refractivity contribution in [2.45, 2.75) is 19.9 Å². The van der Waals surface area contributed by atoms with Gasteiger partial charge in [-0.1, -0.05) is 15.9 Å². The van der Waals surface area contributed by atoms with Crippen LogP contribution in [0, 0.1) is 6.57 Å². The van der Waals surface area contributed by atoms with Crippen molar-refractivity contribution in [3.05, 3.63) is 39.7 Å². The van der Waals surface area contributed by atoms with E-state index in [0.717, 1.165) is 15.8 Å². The Morgan fingerprint density at radius 2 is 2.29 bits per heavy atom. The molecular weight excluding hydrogens is 242 g/mol. The highest BCUT2D eigenvalue weighted by Crippen LogP contribution is 2.29. The van der Waals surface area contributed by atoms with Crippen LogP contribution in [-0.4, -0.2) is 6.61 Å². The van der Waals surface area contributed by atoms with Crippen LogP contribution in [0.3, 0.4) is 0 Å². The van der Waals surface area contributed by atoms with Crippen molar-refractivity contribution in [1.82, 2.24) is 0 Å². The van der Waals surface area contributed by atoms with Crippen molar-refractivity contribution in [2.75, 3.05) is 6.61 Å². The third kappa shape index (κ3) is 2.49. The first-order valence-corrected chi connectivity index (χ1v) is 5.27. The van der Waals surface area contributed by atoms with Crippen LogP contribution in [-0.2, 0) is 0 Å². The smallest absolute Gasteiger partial charge is 0.247 e. The van der Waals surface area contributed by atoms with Gasteiger partial charge in [0, 0.05) is 17.0 Å². The van der Waals surface area contributed by atoms with Gasteiger partial charge in [-0.2, -0.15) is 0 Å². The maximum absolute atomic E-state index is 6.95. The van der Waals surface area contributed by atoms with E-state index in [4.69, 9.17) is 11.3 Å². The highest BCUT2D eigenvalue weighted by atomic mass is 79.9. The molecule has 0 bridgehead atoms. The molecule has 0 saturated carbocycles. The first-order valence-electron chi connectivity index (χ1n) is 4.47. The van der Waals surface area contributed by atoms with Gasteiger partial charge in [0.25, 0.3) is 0 Å². The van der Waals surface area contributed by atoms with Crippen molar-refractivity contribution in [1.29, 1.82) is 0 Å². The summed E-state index contributed by atoms with van der Waals surface area (Å²) in [6.45, 7) is 11.4. The van der Waals surface area contributed by atoms with E-state index in [9.17, 15) is 0 Å². The Morgan fingerprint density at radius 1 is 1.57 bits per heavy atom. The minimum atomic E-state index is -0.111. The predicted octanol–water partition coefficient (Wildman–Crippen LogP) is 3.83. The SMILES string of the molecule is [C-]#[N+]C(C)c1ccc(OCC)cc1Br. The summed E-state index contributed by atoms with van der Waals surface area (Å²) in [4.78, 5) is 3.47. The lowest BCUT2D eigenvalue weighted by Crippen LogP contribution is -1.94. The lowest BCUT2D eigenvalue weighted by Gasteiger charge is -2.06. The van der Waals surface area contributed by atoms with Crippen LogP contribution in [0.4, 0.5) is 0 Å². The van der Waals surface area contributed by atoms with Gasteiger partial charge in [-0.3, -0.25) is 0 Å². The Morgan fingerprint density at radius 3 is 2.79 bits per heavy atom. The van der Waals surface area contributed by atoms with Gasteiger partial charge >= 0.3 is 0 Å². The molecule has 1 rings (SSSR count). The van der Waals surface area contributed by atoms with Gasteiger partial charge in [0.05, 0.1) is 6.61 Å². The quantitative estimate of drug-likeness (QED) is 0.747. The highest BCUT2D eigenvalue weighted by molar-refractivity contribution is 9.10. The van der Waals surface area contributed by atoms with E-state index in [1.54, 1.807) is 0 Å². The number of benzene rings is 1. The summed E-state index contributed by atoms with van der Waals surface area (Å²) in [7, 11) is 0. The Hall–Kier alpha value is -1.01. The summed E-state index contributed by atoms with van der Waals surface area (Å²) in [5.74, 6) is 0.834. The molecule has 0 saturated heterocycles. The van der Waals surface area contributed by atoms with Gasteiger partial charge in [0.15, 0.2) is 0 Å². The van der Waals surface area contributed by atoms with Gasteiger partial charge in [0.1, 0.15) is 5.75 Å². The predicted molar refractivity (Wildman–Crippen MR) is 60.3 cm³/mol. The normalized spacial score (nSPS) is 11.9. The fourth-order valence-electron chi connectivity index (χ4n) is 1.17. The van der Waals surface area contributed by atoms with E-state index in [1.807, 2.05) is 32.0 Å². The van der Waals surface area contributed by atoms with Crippen LogP contribution in [0.1, 0.15) is 25.5 Å². The maximum Gasteiger partial charge on any atom is 0.247 e. The molecular formula is C11H12BrNO. The zero-order valence-corrected chi connectivity index (χ0v) is 9.84. The van der Waals surface area contributed by atoms with E-state index in [1.165, 1.54) is 0 Å². The summed E-state index contributed by atoms with van der Waals surface area (Å²) >= 11 is 3.44. The van der Waals surface area contributed by atoms with E-state index < -0.39 is 0 Å². The van der Waals surface area contributed by atoms with Crippen LogP contribution in [0.5, 0.6) is 5.75 Å². The van der Waals surface area contributed by atoms with Gasteiger partial charge in [-0.25, -0.2) is 6.57 Å². The Balaban J connectivity index is 2.96.